The normalized spacial score (nSPS) is 11.5. The molecule has 0 N–H and O–H groups in total. The summed E-state index contributed by atoms with van der Waals surface area (Å²) in [6.45, 7) is 1.95. The zero-order chi connectivity index (χ0) is 9.56. The van der Waals surface area contributed by atoms with Gasteiger partial charge in [0, 0.05) is 0 Å². The van der Waals surface area contributed by atoms with Gasteiger partial charge in [0.05, 0.1) is 10.8 Å². The SMILES string of the molecule is CCOC(=O)/C(C#N)=C(\S)SC. The monoisotopic (exact) mass is 203 g/mol. The van der Waals surface area contributed by atoms with Crippen molar-refractivity contribution in [2.24, 2.45) is 0 Å². The lowest BCUT2D eigenvalue weighted by atomic mass is 10.3. The Balaban J connectivity index is 4.59. The Morgan fingerprint density at radius 3 is 2.67 bits per heavy atom. The van der Waals surface area contributed by atoms with Gasteiger partial charge in [-0.15, -0.1) is 24.4 Å². The highest BCUT2D eigenvalue weighted by atomic mass is 32.2. The first-order valence-electron chi connectivity index (χ1n) is 3.21. The van der Waals surface area contributed by atoms with Crippen molar-refractivity contribution in [2.75, 3.05) is 12.9 Å². The zero-order valence-corrected chi connectivity index (χ0v) is 8.54. The minimum Gasteiger partial charge on any atom is -0.462 e. The Bertz CT molecular complexity index is 242. The second-order valence-electron chi connectivity index (χ2n) is 1.72. The van der Waals surface area contributed by atoms with Gasteiger partial charge in [-0.05, 0) is 13.2 Å². The fourth-order valence-corrected chi connectivity index (χ4v) is 0.960. The molecule has 3 nitrogen and oxygen atoms in total. The smallest absolute Gasteiger partial charge is 0.350 e. The van der Waals surface area contributed by atoms with Gasteiger partial charge >= 0.3 is 5.97 Å². The van der Waals surface area contributed by atoms with Crippen LogP contribution in [0.2, 0.25) is 0 Å². The van der Waals surface area contributed by atoms with Crippen molar-refractivity contribution in [3.05, 3.63) is 9.81 Å². The fourth-order valence-electron chi connectivity index (χ4n) is 0.486. The van der Waals surface area contributed by atoms with Gasteiger partial charge in [0.15, 0.2) is 5.57 Å². The molecule has 0 aliphatic heterocycles. The third-order valence-corrected chi connectivity index (χ3v) is 2.36. The number of esters is 1. The first kappa shape index (κ1) is 11.4. The molecule has 12 heavy (non-hydrogen) atoms. The van der Waals surface area contributed by atoms with Gasteiger partial charge in [-0.25, -0.2) is 4.79 Å². The first-order chi connectivity index (χ1) is 5.67. The number of ether oxygens (including phenoxy) is 1. The van der Waals surface area contributed by atoms with Gasteiger partial charge in [0.2, 0.25) is 0 Å². The van der Waals surface area contributed by atoms with Crippen LogP contribution in [-0.4, -0.2) is 18.8 Å². The molecule has 0 saturated carbocycles. The molecule has 0 spiro atoms. The van der Waals surface area contributed by atoms with Crippen molar-refractivity contribution in [3.8, 4) is 6.07 Å². The molecule has 0 saturated heterocycles. The van der Waals surface area contributed by atoms with Crippen molar-refractivity contribution in [2.45, 2.75) is 6.92 Å². The van der Waals surface area contributed by atoms with Crippen molar-refractivity contribution in [1.29, 1.82) is 5.26 Å². The average molecular weight is 203 g/mol. The Labute approximate surface area is 81.2 Å². The van der Waals surface area contributed by atoms with E-state index < -0.39 is 5.97 Å². The van der Waals surface area contributed by atoms with E-state index in [4.69, 9.17) is 5.26 Å². The summed E-state index contributed by atoms with van der Waals surface area (Å²) < 4.78 is 5.02. The number of thioether (sulfide) groups is 1. The molecule has 0 aromatic heterocycles. The van der Waals surface area contributed by atoms with E-state index in [0.717, 1.165) is 0 Å². The molecule has 0 unspecified atom stereocenters. The van der Waals surface area contributed by atoms with Crippen LogP contribution < -0.4 is 0 Å². The van der Waals surface area contributed by atoms with Crippen LogP contribution in [0.1, 0.15) is 6.92 Å². The third-order valence-electron chi connectivity index (χ3n) is 0.999. The number of nitrogens with zero attached hydrogens (tertiary/aromatic N) is 1. The summed E-state index contributed by atoms with van der Waals surface area (Å²) in [5.41, 5.74) is -0.0346. The largest absolute Gasteiger partial charge is 0.462 e. The molecule has 5 heteroatoms. The van der Waals surface area contributed by atoms with Crippen molar-refractivity contribution < 1.29 is 9.53 Å². The molecular weight excluding hydrogens is 194 g/mol. The van der Waals surface area contributed by atoms with Crippen LogP contribution in [0.15, 0.2) is 9.81 Å². The number of nitriles is 1. The van der Waals surface area contributed by atoms with Gasteiger partial charge in [-0.1, -0.05) is 0 Å². The quantitative estimate of drug-likeness (QED) is 0.327. The molecule has 0 aliphatic carbocycles. The molecule has 0 rings (SSSR count). The lowest BCUT2D eigenvalue weighted by Gasteiger charge is -2.00. The predicted molar refractivity (Wildman–Crippen MR) is 51.8 cm³/mol. The Morgan fingerprint density at radius 1 is 1.75 bits per heavy atom. The molecular formula is C7H9NO2S2. The standard InChI is InChI=1S/C7H9NO2S2/c1-3-10-6(9)5(4-8)7(11)12-2/h11H,3H2,1-2H3/b7-5+. The lowest BCUT2D eigenvalue weighted by Crippen LogP contribution is -2.06. The maximum Gasteiger partial charge on any atom is 0.350 e. The van der Waals surface area contributed by atoms with Crippen LogP contribution in [0, 0.1) is 11.3 Å². The molecule has 0 aromatic carbocycles. The van der Waals surface area contributed by atoms with Crippen LogP contribution in [0.25, 0.3) is 0 Å². The minimum absolute atomic E-state index is 0.0346. The highest BCUT2D eigenvalue weighted by Crippen LogP contribution is 2.20. The van der Waals surface area contributed by atoms with Crippen LogP contribution in [0.4, 0.5) is 0 Å². The van der Waals surface area contributed by atoms with Gasteiger partial charge in [0.1, 0.15) is 6.07 Å². The highest BCUT2D eigenvalue weighted by Gasteiger charge is 2.13. The van der Waals surface area contributed by atoms with Gasteiger partial charge in [0.25, 0.3) is 0 Å². The third kappa shape index (κ3) is 3.20. The number of hydrogen-bond donors (Lipinski definition) is 1. The van der Waals surface area contributed by atoms with Crippen LogP contribution in [0.3, 0.4) is 0 Å². The Kier molecular flexibility index (Phi) is 5.68. The van der Waals surface area contributed by atoms with E-state index in [1.165, 1.54) is 11.8 Å². The highest BCUT2D eigenvalue weighted by molar-refractivity contribution is 8.15. The molecule has 0 bridgehead atoms. The number of rotatable bonds is 3. The summed E-state index contributed by atoms with van der Waals surface area (Å²) in [4.78, 5) is 11.0. The summed E-state index contributed by atoms with van der Waals surface area (Å²) in [7, 11) is 0. The molecule has 0 aromatic rings. The maximum absolute atomic E-state index is 11.0. The summed E-state index contributed by atoms with van der Waals surface area (Å²) in [5, 5.41) is 8.55. The van der Waals surface area contributed by atoms with Crippen molar-refractivity contribution >= 4 is 30.4 Å². The molecule has 0 atom stereocenters. The van der Waals surface area contributed by atoms with Crippen LogP contribution in [0.5, 0.6) is 0 Å². The second kappa shape index (κ2) is 5.98. The number of thiol groups is 1. The summed E-state index contributed by atoms with van der Waals surface area (Å²) in [6, 6.07) is 1.75. The van der Waals surface area contributed by atoms with Gasteiger partial charge in [-0.2, -0.15) is 5.26 Å². The van der Waals surface area contributed by atoms with E-state index in [0.29, 0.717) is 4.24 Å². The Hall–Kier alpha value is -0.600. The van der Waals surface area contributed by atoms with E-state index in [9.17, 15) is 4.79 Å². The summed E-state index contributed by atoms with van der Waals surface area (Å²) in [6.07, 6.45) is 1.74. The zero-order valence-electron chi connectivity index (χ0n) is 6.83. The van der Waals surface area contributed by atoms with Crippen molar-refractivity contribution in [3.63, 3.8) is 0 Å². The van der Waals surface area contributed by atoms with Crippen LogP contribution in [-0.2, 0) is 9.53 Å². The number of hydrogen-bond acceptors (Lipinski definition) is 5. The van der Waals surface area contributed by atoms with Crippen LogP contribution >= 0.6 is 24.4 Å². The van der Waals surface area contributed by atoms with E-state index in [1.54, 1.807) is 19.2 Å². The molecule has 0 aliphatic rings. The molecule has 0 fully saturated rings. The first-order valence-corrected chi connectivity index (χ1v) is 4.89. The summed E-state index contributed by atoms with van der Waals surface area (Å²) in [5.74, 6) is -0.612. The summed E-state index contributed by atoms with van der Waals surface area (Å²) >= 11 is 5.19. The van der Waals surface area contributed by atoms with E-state index >= 15 is 0 Å². The van der Waals surface area contributed by atoms with E-state index in [1.807, 2.05) is 0 Å². The average Bonchev–Trinajstić information content (AvgIpc) is 2.06. The minimum atomic E-state index is -0.612. The lowest BCUT2D eigenvalue weighted by molar-refractivity contribution is -0.138. The molecule has 0 amide bonds. The van der Waals surface area contributed by atoms with E-state index in [-0.39, 0.29) is 12.2 Å². The number of carbonyl (C=O) groups is 1. The molecule has 66 valence electrons. The molecule has 0 radical (unpaired) electrons. The number of carbonyl (C=O) groups excluding carboxylic acids is 1. The predicted octanol–water partition coefficient (Wildman–Crippen LogP) is 1.58. The van der Waals surface area contributed by atoms with Gasteiger partial charge in [-0.3, -0.25) is 0 Å². The van der Waals surface area contributed by atoms with E-state index in [2.05, 4.69) is 17.4 Å². The second-order valence-corrected chi connectivity index (χ2v) is 3.28. The topological polar surface area (TPSA) is 50.1 Å². The Morgan fingerprint density at radius 2 is 2.33 bits per heavy atom. The molecule has 0 heterocycles. The maximum atomic E-state index is 11.0. The van der Waals surface area contributed by atoms with Crippen molar-refractivity contribution in [1.82, 2.24) is 0 Å². The fraction of sp³-hybridized carbons (Fsp3) is 0.429. The van der Waals surface area contributed by atoms with Gasteiger partial charge < -0.3 is 4.74 Å².